The summed E-state index contributed by atoms with van der Waals surface area (Å²) in [6, 6.07) is 8.50. The molecular weight excluding hydrogens is 246 g/mol. The van der Waals surface area contributed by atoms with Crippen molar-refractivity contribution in [2.45, 2.75) is 58.5 Å². The van der Waals surface area contributed by atoms with Gasteiger partial charge in [0.2, 0.25) is 0 Å². The molecule has 0 amide bonds. The third-order valence-electron chi connectivity index (χ3n) is 4.68. The van der Waals surface area contributed by atoms with Gasteiger partial charge in [-0.05, 0) is 37.7 Å². The fourth-order valence-corrected chi connectivity index (χ4v) is 3.77. The van der Waals surface area contributed by atoms with Gasteiger partial charge in [0.05, 0.1) is 11.2 Å². The van der Waals surface area contributed by atoms with E-state index < -0.39 is 0 Å². The molecule has 3 rings (SSSR count). The van der Waals surface area contributed by atoms with Crippen LogP contribution in [0, 0.1) is 5.41 Å². The lowest BCUT2D eigenvalue weighted by Gasteiger charge is -2.25. The van der Waals surface area contributed by atoms with E-state index in [1.165, 1.54) is 23.0 Å². The molecule has 1 aromatic carbocycles. The van der Waals surface area contributed by atoms with Crippen molar-refractivity contribution in [1.29, 1.82) is 0 Å². The van der Waals surface area contributed by atoms with Crippen LogP contribution >= 0.6 is 0 Å². The number of fused-ring (bicyclic) bond motifs is 1. The number of benzene rings is 1. The molecule has 1 fully saturated rings. The number of hydrogen-bond acceptors (Lipinski definition) is 2. The highest BCUT2D eigenvalue weighted by Gasteiger charge is 2.41. The van der Waals surface area contributed by atoms with Crippen molar-refractivity contribution < 1.29 is 0 Å². The maximum Gasteiger partial charge on any atom is 0.0721 e. The van der Waals surface area contributed by atoms with Crippen LogP contribution in [0.3, 0.4) is 0 Å². The summed E-state index contributed by atoms with van der Waals surface area (Å²) in [4.78, 5) is 0. The van der Waals surface area contributed by atoms with E-state index in [4.69, 9.17) is 10.8 Å². The first kappa shape index (κ1) is 13.6. The molecule has 1 atom stereocenters. The van der Waals surface area contributed by atoms with Gasteiger partial charge in [0.1, 0.15) is 0 Å². The molecule has 0 aliphatic heterocycles. The van der Waals surface area contributed by atoms with Crippen LogP contribution in [0.4, 0.5) is 0 Å². The topological polar surface area (TPSA) is 43.8 Å². The smallest absolute Gasteiger partial charge is 0.0721 e. The fraction of sp³-hybridized carbons (Fsp3) is 0.588. The molecule has 3 nitrogen and oxygen atoms in total. The molecule has 1 aliphatic carbocycles. The number of aryl methyl sites for hydroxylation is 1. The summed E-state index contributed by atoms with van der Waals surface area (Å²) in [6.45, 7) is 7.69. The van der Waals surface area contributed by atoms with Crippen molar-refractivity contribution >= 4 is 10.9 Å². The Morgan fingerprint density at radius 2 is 2.00 bits per heavy atom. The van der Waals surface area contributed by atoms with Gasteiger partial charge in [0.15, 0.2) is 0 Å². The van der Waals surface area contributed by atoms with Crippen LogP contribution < -0.4 is 5.73 Å². The van der Waals surface area contributed by atoms with E-state index in [1.54, 1.807) is 0 Å². The zero-order valence-corrected chi connectivity index (χ0v) is 12.8. The molecule has 0 radical (unpaired) electrons. The fourth-order valence-electron chi connectivity index (χ4n) is 3.77. The molecule has 108 valence electrons. The Bertz CT molecular complexity index is 626. The summed E-state index contributed by atoms with van der Waals surface area (Å²) in [5.74, 6) is 0. The monoisotopic (exact) mass is 271 g/mol. The predicted molar refractivity (Wildman–Crippen MR) is 83.7 cm³/mol. The molecule has 3 heteroatoms. The molecular formula is C17H25N3. The Morgan fingerprint density at radius 1 is 1.25 bits per heavy atom. The Balaban J connectivity index is 1.96. The summed E-state index contributed by atoms with van der Waals surface area (Å²) in [6.07, 6.45) is 4.31. The molecule has 2 aromatic rings. The van der Waals surface area contributed by atoms with Gasteiger partial charge in [0, 0.05) is 23.9 Å². The standard InChI is InChI=1S/C17H25N3/c1-4-20-15-8-6-5-7-13(15)14(19-20)11-17(18)10-9-16(2,3)12-17/h5-8H,4,9-12,18H2,1-3H3. The highest BCUT2D eigenvalue weighted by molar-refractivity contribution is 5.82. The quantitative estimate of drug-likeness (QED) is 0.928. The normalized spacial score (nSPS) is 25.4. The van der Waals surface area contributed by atoms with Gasteiger partial charge in [-0.25, -0.2) is 0 Å². The first-order valence-electron chi connectivity index (χ1n) is 7.66. The zero-order valence-electron chi connectivity index (χ0n) is 12.8. The van der Waals surface area contributed by atoms with E-state index in [1.807, 2.05) is 0 Å². The lowest BCUT2D eigenvalue weighted by Crippen LogP contribution is -2.40. The number of nitrogens with zero attached hydrogens (tertiary/aromatic N) is 2. The summed E-state index contributed by atoms with van der Waals surface area (Å²) in [7, 11) is 0. The van der Waals surface area contributed by atoms with Gasteiger partial charge in [0.25, 0.3) is 0 Å². The summed E-state index contributed by atoms with van der Waals surface area (Å²) in [5.41, 5.74) is 9.34. The number of nitrogens with two attached hydrogens (primary N) is 1. The number of rotatable bonds is 3. The lowest BCUT2D eigenvalue weighted by atomic mass is 9.85. The third-order valence-corrected chi connectivity index (χ3v) is 4.68. The minimum absolute atomic E-state index is 0.0841. The van der Waals surface area contributed by atoms with Gasteiger partial charge in [-0.1, -0.05) is 32.0 Å². The molecule has 0 bridgehead atoms. The maximum atomic E-state index is 6.66. The molecule has 20 heavy (non-hydrogen) atoms. The van der Waals surface area contributed by atoms with Crippen LogP contribution in [0.25, 0.3) is 10.9 Å². The van der Waals surface area contributed by atoms with Crippen molar-refractivity contribution in [2.75, 3.05) is 0 Å². The molecule has 0 saturated heterocycles. The highest BCUT2D eigenvalue weighted by Crippen LogP contribution is 2.44. The van der Waals surface area contributed by atoms with Crippen LogP contribution in [-0.4, -0.2) is 15.3 Å². The molecule has 1 saturated carbocycles. The SMILES string of the molecule is CCn1nc(CC2(N)CCC(C)(C)C2)c2ccccc21. The second kappa shape index (κ2) is 4.59. The van der Waals surface area contributed by atoms with Crippen molar-refractivity contribution in [2.24, 2.45) is 11.1 Å². The second-order valence-electron chi connectivity index (χ2n) is 7.16. The third kappa shape index (κ3) is 2.35. The van der Waals surface area contributed by atoms with Crippen LogP contribution in [0.5, 0.6) is 0 Å². The van der Waals surface area contributed by atoms with Crippen molar-refractivity contribution in [3.05, 3.63) is 30.0 Å². The van der Waals surface area contributed by atoms with E-state index >= 15 is 0 Å². The summed E-state index contributed by atoms with van der Waals surface area (Å²) in [5, 5.41) is 6.07. The molecule has 2 N–H and O–H groups in total. The second-order valence-corrected chi connectivity index (χ2v) is 7.16. The summed E-state index contributed by atoms with van der Waals surface area (Å²) < 4.78 is 2.09. The minimum atomic E-state index is -0.0841. The van der Waals surface area contributed by atoms with Gasteiger partial charge >= 0.3 is 0 Å². The van der Waals surface area contributed by atoms with Crippen molar-refractivity contribution in [1.82, 2.24) is 9.78 Å². The Kier molecular flexibility index (Phi) is 3.13. The van der Waals surface area contributed by atoms with E-state index in [-0.39, 0.29) is 5.54 Å². The number of para-hydroxylation sites is 1. The Hall–Kier alpha value is -1.35. The van der Waals surface area contributed by atoms with Crippen LogP contribution in [-0.2, 0) is 13.0 Å². The van der Waals surface area contributed by atoms with Gasteiger partial charge in [-0.2, -0.15) is 5.10 Å². The molecule has 1 aliphatic rings. The summed E-state index contributed by atoms with van der Waals surface area (Å²) >= 11 is 0. The molecule has 1 heterocycles. The van der Waals surface area contributed by atoms with Crippen LogP contribution in [0.2, 0.25) is 0 Å². The average molecular weight is 271 g/mol. The Labute approximate surface area is 121 Å². The van der Waals surface area contributed by atoms with Gasteiger partial charge in [-0.15, -0.1) is 0 Å². The largest absolute Gasteiger partial charge is 0.325 e. The van der Waals surface area contributed by atoms with Gasteiger partial charge in [-0.3, -0.25) is 4.68 Å². The Morgan fingerprint density at radius 3 is 2.65 bits per heavy atom. The zero-order chi connectivity index (χ0) is 14.4. The number of aromatic nitrogens is 2. The van der Waals surface area contributed by atoms with Crippen molar-refractivity contribution in [3.63, 3.8) is 0 Å². The first-order chi connectivity index (χ1) is 9.42. The van der Waals surface area contributed by atoms with E-state index in [0.717, 1.165) is 25.8 Å². The molecule has 1 aromatic heterocycles. The van der Waals surface area contributed by atoms with E-state index in [2.05, 4.69) is 49.7 Å². The van der Waals surface area contributed by atoms with E-state index in [0.29, 0.717) is 5.41 Å². The van der Waals surface area contributed by atoms with Crippen molar-refractivity contribution in [3.8, 4) is 0 Å². The van der Waals surface area contributed by atoms with Gasteiger partial charge < -0.3 is 5.73 Å². The number of hydrogen-bond donors (Lipinski definition) is 1. The molecule has 1 unspecified atom stereocenters. The molecule has 0 spiro atoms. The first-order valence-corrected chi connectivity index (χ1v) is 7.66. The highest BCUT2D eigenvalue weighted by atomic mass is 15.3. The predicted octanol–water partition coefficient (Wildman–Crippen LogP) is 3.51. The minimum Gasteiger partial charge on any atom is -0.325 e. The van der Waals surface area contributed by atoms with Crippen LogP contribution in [0.15, 0.2) is 24.3 Å². The average Bonchev–Trinajstić information content (AvgIpc) is 2.88. The lowest BCUT2D eigenvalue weighted by molar-refractivity contribution is 0.333. The van der Waals surface area contributed by atoms with E-state index in [9.17, 15) is 0 Å². The van der Waals surface area contributed by atoms with Crippen LogP contribution in [0.1, 0.15) is 45.7 Å². The maximum absolute atomic E-state index is 6.66.